The molecule has 68 valence electrons. The van der Waals surface area contributed by atoms with Crippen LogP contribution < -0.4 is 0 Å². The van der Waals surface area contributed by atoms with Crippen LogP contribution in [0.1, 0.15) is 25.1 Å². The van der Waals surface area contributed by atoms with Gasteiger partial charge in [-0.15, -0.1) is 0 Å². The SMILES string of the molecule is CC(C)C1C=Cc2ncncc2C1. The molecule has 0 saturated heterocycles. The van der Waals surface area contributed by atoms with E-state index in [1.165, 1.54) is 5.56 Å². The summed E-state index contributed by atoms with van der Waals surface area (Å²) in [6.45, 7) is 4.51. The zero-order chi connectivity index (χ0) is 9.26. The average molecular weight is 174 g/mol. The van der Waals surface area contributed by atoms with E-state index >= 15 is 0 Å². The molecule has 1 aliphatic rings. The van der Waals surface area contributed by atoms with Gasteiger partial charge in [-0.1, -0.05) is 19.9 Å². The van der Waals surface area contributed by atoms with Crippen LogP contribution in [0.2, 0.25) is 0 Å². The van der Waals surface area contributed by atoms with Crippen LogP contribution in [0.25, 0.3) is 6.08 Å². The molecule has 2 nitrogen and oxygen atoms in total. The first-order valence-electron chi connectivity index (χ1n) is 4.74. The van der Waals surface area contributed by atoms with Gasteiger partial charge in [-0.3, -0.25) is 0 Å². The summed E-state index contributed by atoms with van der Waals surface area (Å²) in [6.07, 6.45) is 9.01. The number of rotatable bonds is 1. The van der Waals surface area contributed by atoms with Gasteiger partial charge in [-0.05, 0) is 29.9 Å². The molecule has 0 aromatic carbocycles. The van der Waals surface area contributed by atoms with Crippen LogP contribution in [0.3, 0.4) is 0 Å². The van der Waals surface area contributed by atoms with Crippen molar-refractivity contribution in [2.45, 2.75) is 20.3 Å². The molecule has 1 unspecified atom stereocenters. The number of hydrogen-bond acceptors (Lipinski definition) is 2. The lowest BCUT2D eigenvalue weighted by Gasteiger charge is -2.21. The van der Waals surface area contributed by atoms with Gasteiger partial charge in [-0.2, -0.15) is 0 Å². The lowest BCUT2D eigenvalue weighted by Crippen LogP contribution is -2.13. The predicted octanol–water partition coefficient (Wildman–Crippen LogP) is 2.32. The first-order chi connectivity index (χ1) is 6.27. The highest BCUT2D eigenvalue weighted by Gasteiger charge is 2.16. The standard InChI is InChI=1S/C11H14N2/c1-8(2)9-3-4-11-10(5-9)6-12-7-13-11/h3-4,6-9H,5H2,1-2H3. The molecule has 0 spiro atoms. The molecule has 1 aromatic rings. The van der Waals surface area contributed by atoms with Crippen LogP contribution in [0.5, 0.6) is 0 Å². The summed E-state index contributed by atoms with van der Waals surface area (Å²) in [7, 11) is 0. The molecular formula is C11H14N2. The summed E-state index contributed by atoms with van der Waals surface area (Å²) < 4.78 is 0. The van der Waals surface area contributed by atoms with Crippen molar-refractivity contribution >= 4 is 6.08 Å². The summed E-state index contributed by atoms with van der Waals surface area (Å²) in [5.41, 5.74) is 2.37. The molecule has 1 aromatic heterocycles. The van der Waals surface area contributed by atoms with E-state index in [1.54, 1.807) is 6.33 Å². The molecule has 0 bridgehead atoms. The Labute approximate surface area is 78.7 Å². The summed E-state index contributed by atoms with van der Waals surface area (Å²) in [5, 5.41) is 0. The predicted molar refractivity (Wildman–Crippen MR) is 53.1 cm³/mol. The van der Waals surface area contributed by atoms with Crippen LogP contribution in [-0.2, 0) is 6.42 Å². The molecule has 1 aliphatic carbocycles. The molecular weight excluding hydrogens is 160 g/mol. The van der Waals surface area contributed by atoms with E-state index < -0.39 is 0 Å². The Morgan fingerprint density at radius 3 is 3.08 bits per heavy atom. The van der Waals surface area contributed by atoms with Gasteiger partial charge in [0, 0.05) is 6.20 Å². The Morgan fingerprint density at radius 1 is 1.46 bits per heavy atom. The molecule has 1 heterocycles. The highest BCUT2D eigenvalue weighted by atomic mass is 14.8. The fourth-order valence-electron chi connectivity index (χ4n) is 1.67. The van der Waals surface area contributed by atoms with Gasteiger partial charge >= 0.3 is 0 Å². The van der Waals surface area contributed by atoms with Crippen molar-refractivity contribution in [3.05, 3.63) is 29.9 Å². The van der Waals surface area contributed by atoms with Gasteiger partial charge in [0.15, 0.2) is 0 Å². The summed E-state index contributed by atoms with van der Waals surface area (Å²) in [4.78, 5) is 8.26. The van der Waals surface area contributed by atoms with Crippen molar-refractivity contribution in [2.75, 3.05) is 0 Å². The van der Waals surface area contributed by atoms with Crippen LogP contribution >= 0.6 is 0 Å². The van der Waals surface area contributed by atoms with Gasteiger partial charge in [-0.25, -0.2) is 9.97 Å². The monoisotopic (exact) mass is 174 g/mol. The largest absolute Gasteiger partial charge is 0.244 e. The molecule has 2 heteroatoms. The number of allylic oxidation sites excluding steroid dienone is 1. The third-order valence-electron chi connectivity index (χ3n) is 2.64. The Bertz CT molecular complexity index is 329. The number of aromatic nitrogens is 2. The van der Waals surface area contributed by atoms with E-state index in [9.17, 15) is 0 Å². The molecule has 1 atom stereocenters. The van der Waals surface area contributed by atoms with E-state index in [0.29, 0.717) is 11.8 Å². The second-order valence-electron chi connectivity index (χ2n) is 3.90. The Hall–Kier alpha value is -1.18. The van der Waals surface area contributed by atoms with E-state index in [1.807, 2.05) is 6.20 Å². The maximum atomic E-state index is 4.22. The summed E-state index contributed by atoms with van der Waals surface area (Å²) in [5.74, 6) is 1.35. The summed E-state index contributed by atoms with van der Waals surface area (Å²) in [6, 6.07) is 0. The zero-order valence-corrected chi connectivity index (χ0v) is 8.07. The molecule has 0 radical (unpaired) electrons. The third kappa shape index (κ3) is 1.62. The maximum absolute atomic E-state index is 4.22. The molecule has 0 amide bonds. The van der Waals surface area contributed by atoms with Crippen LogP contribution in [-0.4, -0.2) is 9.97 Å². The van der Waals surface area contributed by atoms with E-state index in [-0.39, 0.29) is 0 Å². The first-order valence-corrected chi connectivity index (χ1v) is 4.74. The van der Waals surface area contributed by atoms with E-state index in [0.717, 1.165) is 12.1 Å². The minimum Gasteiger partial charge on any atom is -0.244 e. The van der Waals surface area contributed by atoms with Gasteiger partial charge < -0.3 is 0 Å². The fraction of sp³-hybridized carbons (Fsp3) is 0.455. The third-order valence-corrected chi connectivity index (χ3v) is 2.64. The number of nitrogens with zero attached hydrogens (tertiary/aromatic N) is 2. The lowest BCUT2D eigenvalue weighted by molar-refractivity contribution is 0.460. The number of hydrogen-bond donors (Lipinski definition) is 0. The Balaban J connectivity index is 2.29. The van der Waals surface area contributed by atoms with Crippen molar-refractivity contribution in [1.82, 2.24) is 9.97 Å². The molecule has 2 rings (SSSR count). The van der Waals surface area contributed by atoms with Crippen molar-refractivity contribution in [2.24, 2.45) is 11.8 Å². The normalized spacial score (nSPS) is 20.4. The van der Waals surface area contributed by atoms with Gasteiger partial charge in [0.1, 0.15) is 6.33 Å². The molecule has 0 aliphatic heterocycles. The van der Waals surface area contributed by atoms with Crippen molar-refractivity contribution in [1.29, 1.82) is 0 Å². The second kappa shape index (κ2) is 3.29. The zero-order valence-electron chi connectivity index (χ0n) is 8.07. The average Bonchev–Trinajstić information content (AvgIpc) is 2.17. The Morgan fingerprint density at radius 2 is 2.31 bits per heavy atom. The number of fused-ring (bicyclic) bond motifs is 1. The van der Waals surface area contributed by atoms with Crippen molar-refractivity contribution in [3.8, 4) is 0 Å². The van der Waals surface area contributed by atoms with Gasteiger partial charge in [0.2, 0.25) is 0 Å². The Kier molecular flexibility index (Phi) is 2.13. The topological polar surface area (TPSA) is 25.8 Å². The van der Waals surface area contributed by atoms with Crippen LogP contribution in [0.15, 0.2) is 18.6 Å². The smallest absolute Gasteiger partial charge is 0.116 e. The maximum Gasteiger partial charge on any atom is 0.116 e. The quantitative estimate of drug-likeness (QED) is 0.653. The molecule has 0 saturated carbocycles. The van der Waals surface area contributed by atoms with Crippen molar-refractivity contribution in [3.63, 3.8) is 0 Å². The highest BCUT2D eigenvalue weighted by Crippen LogP contribution is 2.25. The molecule has 0 N–H and O–H groups in total. The van der Waals surface area contributed by atoms with Crippen LogP contribution in [0, 0.1) is 11.8 Å². The highest BCUT2D eigenvalue weighted by molar-refractivity contribution is 5.51. The minimum absolute atomic E-state index is 0.651. The second-order valence-corrected chi connectivity index (χ2v) is 3.90. The first kappa shape index (κ1) is 8.42. The van der Waals surface area contributed by atoms with E-state index in [4.69, 9.17) is 0 Å². The molecule has 0 fully saturated rings. The lowest BCUT2D eigenvalue weighted by atomic mass is 9.85. The van der Waals surface area contributed by atoms with Crippen molar-refractivity contribution < 1.29 is 0 Å². The fourth-order valence-corrected chi connectivity index (χ4v) is 1.67. The van der Waals surface area contributed by atoms with Crippen LogP contribution in [0.4, 0.5) is 0 Å². The van der Waals surface area contributed by atoms with Gasteiger partial charge in [0.05, 0.1) is 5.69 Å². The minimum atomic E-state index is 0.651. The van der Waals surface area contributed by atoms with E-state index in [2.05, 4.69) is 36.0 Å². The summed E-state index contributed by atoms with van der Waals surface area (Å²) >= 11 is 0. The molecule has 13 heavy (non-hydrogen) atoms. The van der Waals surface area contributed by atoms with Gasteiger partial charge in [0.25, 0.3) is 0 Å².